The normalized spacial score (nSPS) is 11.5. The summed E-state index contributed by atoms with van der Waals surface area (Å²) in [5.74, 6) is -1.51. The Bertz CT molecular complexity index is 420. The smallest absolute Gasteiger partial charge is 0.435 e. The maximum Gasteiger partial charge on any atom is 0.435 e. The number of aliphatic carboxylic acids is 1. The van der Waals surface area contributed by atoms with Crippen molar-refractivity contribution >= 4 is 11.5 Å². The van der Waals surface area contributed by atoms with E-state index in [4.69, 9.17) is 5.11 Å². The number of halogens is 3. The van der Waals surface area contributed by atoms with Crippen LogP contribution >= 0.6 is 0 Å². The van der Waals surface area contributed by atoms with E-state index in [0.29, 0.717) is 0 Å². The highest BCUT2D eigenvalue weighted by Crippen LogP contribution is 2.33. The van der Waals surface area contributed by atoms with E-state index in [9.17, 15) is 18.0 Å². The van der Waals surface area contributed by atoms with E-state index < -0.39 is 29.0 Å². The molecule has 0 aliphatic heterocycles. The Morgan fingerprint density at radius 3 is 2.53 bits per heavy atom. The lowest BCUT2D eigenvalue weighted by atomic mass is 10.1. The number of hydrogen-bond donors (Lipinski definition) is 1. The molecule has 0 radical (unpaired) electrons. The first-order chi connectivity index (χ1) is 6.73. The minimum atomic E-state index is -4.69. The third-order valence-electron chi connectivity index (χ3n) is 1.68. The molecule has 7 heteroatoms. The van der Waals surface area contributed by atoms with Crippen LogP contribution in [0.3, 0.4) is 0 Å². The quantitative estimate of drug-likeness (QED) is 0.769. The van der Waals surface area contributed by atoms with Gasteiger partial charge in [0, 0.05) is 18.8 Å². The molecule has 0 atom stereocenters. The van der Waals surface area contributed by atoms with Crippen molar-refractivity contribution in [2.24, 2.45) is 7.05 Å². The van der Waals surface area contributed by atoms with E-state index in [2.05, 4.69) is 11.7 Å². The van der Waals surface area contributed by atoms with Crippen LogP contribution in [0, 0.1) is 0 Å². The summed E-state index contributed by atoms with van der Waals surface area (Å²) in [6.45, 7) is 3.06. The lowest BCUT2D eigenvalue weighted by Crippen LogP contribution is -2.11. The van der Waals surface area contributed by atoms with Crippen LogP contribution in [0.1, 0.15) is 11.3 Å². The summed E-state index contributed by atoms with van der Waals surface area (Å²) in [6, 6.07) is 0. The Kier molecular flexibility index (Phi) is 2.57. The maximum absolute atomic E-state index is 12.4. The fraction of sp³-hybridized carbons (Fsp3) is 0.250. The average Bonchev–Trinajstić information content (AvgIpc) is 2.44. The summed E-state index contributed by atoms with van der Waals surface area (Å²) in [6.07, 6.45) is -3.71. The molecule has 1 aromatic rings. The molecule has 0 amide bonds. The second kappa shape index (κ2) is 3.41. The zero-order chi connectivity index (χ0) is 11.8. The molecule has 1 aromatic heterocycles. The van der Waals surface area contributed by atoms with Gasteiger partial charge in [-0.15, -0.1) is 0 Å². The number of aryl methyl sites for hydroxylation is 1. The number of aromatic nitrogens is 2. The van der Waals surface area contributed by atoms with Gasteiger partial charge in [-0.05, 0) is 0 Å². The van der Waals surface area contributed by atoms with Crippen molar-refractivity contribution < 1.29 is 23.1 Å². The predicted octanol–water partition coefficient (Wildman–Crippen LogP) is 1.54. The second-order valence-corrected chi connectivity index (χ2v) is 2.85. The fourth-order valence-electron chi connectivity index (χ4n) is 1.03. The summed E-state index contributed by atoms with van der Waals surface area (Å²) in [5.41, 5.74) is -2.38. The number of rotatable bonds is 2. The number of carboxylic acid groups (broad SMARTS) is 1. The molecule has 0 aliphatic rings. The van der Waals surface area contributed by atoms with Crippen molar-refractivity contribution in [3.05, 3.63) is 24.0 Å². The summed E-state index contributed by atoms with van der Waals surface area (Å²) in [5, 5.41) is 11.7. The van der Waals surface area contributed by atoms with Gasteiger partial charge in [0.25, 0.3) is 0 Å². The highest BCUT2D eigenvalue weighted by atomic mass is 19.4. The first-order valence-electron chi connectivity index (χ1n) is 3.77. The number of hydrogen-bond acceptors (Lipinski definition) is 2. The molecule has 0 fully saturated rings. The van der Waals surface area contributed by atoms with Crippen LogP contribution in [-0.4, -0.2) is 20.9 Å². The zero-order valence-electron chi connectivity index (χ0n) is 7.67. The number of carbonyl (C=O) groups is 1. The van der Waals surface area contributed by atoms with Crippen LogP contribution in [0.25, 0.3) is 5.57 Å². The van der Waals surface area contributed by atoms with Gasteiger partial charge in [-0.2, -0.15) is 18.3 Å². The SMILES string of the molecule is C=C(C(=O)O)c1cn(C)nc1C(F)(F)F. The molecule has 1 N–H and O–H groups in total. The van der Waals surface area contributed by atoms with E-state index in [-0.39, 0.29) is 0 Å². The van der Waals surface area contributed by atoms with Crippen LogP contribution in [0.2, 0.25) is 0 Å². The summed E-state index contributed by atoms with van der Waals surface area (Å²) >= 11 is 0. The average molecular weight is 220 g/mol. The van der Waals surface area contributed by atoms with Gasteiger partial charge < -0.3 is 5.11 Å². The van der Waals surface area contributed by atoms with Crippen molar-refractivity contribution in [1.82, 2.24) is 9.78 Å². The molecule has 0 aromatic carbocycles. The molecule has 0 spiro atoms. The molecule has 1 heterocycles. The first-order valence-corrected chi connectivity index (χ1v) is 3.77. The lowest BCUT2D eigenvalue weighted by Gasteiger charge is -2.05. The highest BCUT2D eigenvalue weighted by Gasteiger charge is 2.38. The molecule has 4 nitrogen and oxygen atoms in total. The van der Waals surface area contributed by atoms with Gasteiger partial charge in [-0.1, -0.05) is 6.58 Å². The van der Waals surface area contributed by atoms with Crippen LogP contribution in [0.15, 0.2) is 12.8 Å². The van der Waals surface area contributed by atoms with E-state index in [0.717, 1.165) is 10.9 Å². The molecule has 0 saturated carbocycles. The van der Waals surface area contributed by atoms with Gasteiger partial charge in [0.1, 0.15) is 0 Å². The Balaban J connectivity index is 3.30. The molecular formula is C8H7F3N2O2. The minimum absolute atomic E-state index is 0.516. The monoisotopic (exact) mass is 220 g/mol. The second-order valence-electron chi connectivity index (χ2n) is 2.85. The summed E-state index contributed by atoms with van der Waals surface area (Å²) in [7, 11) is 1.27. The zero-order valence-corrected chi connectivity index (χ0v) is 7.67. The van der Waals surface area contributed by atoms with E-state index in [1.807, 2.05) is 0 Å². The molecule has 0 bridgehead atoms. The summed E-state index contributed by atoms with van der Waals surface area (Å²) < 4.78 is 38.0. The van der Waals surface area contributed by atoms with Gasteiger partial charge >= 0.3 is 12.1 Å². The Hall–Kier alpha value is -1.79. The van der Waals surface area contributed by atoms with Gasteiger partial charge in [-0.25, -0.2) is 4.79 Å². The Morgan fingerprint density at radius 1 is 1.60 bits per heavy atom. The van der Waals surface area contributed by atoms with Crippen LogP contribution in [0.4, 0.5) is 13.2 Å². The molecular weight excluding hydrogens is 213 g/mol. The fourth-order valence-corrected chi connectivity index (χ4v) is 1.03. The minimum Gasteiger partial charge on any atom is -0.478 e. The molecule has 0 saturated heterocycles. The van der Waals surface area contributed by atoms with Crippen molar-refractivity contribution in [3.63, 3.8) is 0 Å². The predicted molar refractivity (Wildman–Crippen MR) is 44.9 cm³/mol. The van der Waals surface area contributed by atoms with Crippen molar-refractivity contribution in [1.29, 1.82) is 0 Å². The standard InChI is InChI=1S/C8H7F3N2O2/c1-4(7(14)15)5-3-13(2)12-6(5)8(9,10)11/h3H,1H2,2H3,(H,14,15). The molecule has 0 unspecified atom stereocenters. The highest BCUT2D eigenvalue weighted by molar-refractivity contribution is 6.14. The molecule has 82 valence electrons. The molecule has 1 rings (SSSR count). The third-order valence-corrected chi connectivity index (χ3v) is 1.68. The maximum atomic E-state index is 12.4. The first kappa shape index (κ1) is 11.3. The van der Waals surface area contributed by atoms with E-state index in [1.165, 1.54) is 7.05 Å². The topological polar surface area (TPSA) is 55.1 Å². The largest absolute Gasteiger partial charge is 0.478 e. The Labute approximate surface area is 82.6 Å². The molecule has 15 heavy (non-hydrogen) atoms. The Morgan fingerprint density at radius 2 is 2.13 bits per heavy atom. The molecule has 0 aliphatic carbocycles. The number of carboxylic acids is 1. The van der Waals surface area contributed by atoms with Crippen LogP contribution in [0.5, 0.6) is 0 Å². The van der Waals surface area contributed by atoms with Gasteiger partial charge in [0.2, 0.25) is 0 Å². The summed E-state index contributed by atoms with van der Waals surface area (Å²) in [4.78, 5) is 10.5. The van der Waals surface area contributed by atoms with E-state index in [1.54, 1.807) is 0 Å². The van der Waals surface area contributed by atoms with Gasteiger partial charge in [0.15, 0.2) is 5.69 Å². The van der Waals surface area contributed by atoms with E-state index >= 15 is 0 Å². The van der Waals surface area contributed by atoms with Crippen molar-refractivity contribution in [2.75, 3.05) is 0 Å². The van der Waals surface area contributed by atoms with Crippen LogP contribution < -0.4 is 0 Å². The van der Waals surface area contributed by atoms with Gasteiger partial charge in [-0.3, -0.25) is 4.68 Å². The van der Waals surface area contributed by atoms with Crippen molar-refractivity contribution in [3.8, 4) is 0 Å². The number of nitrogens with zero attached hydrogens (tertiary/aromatic N) is 2. The lowest BCUT2D eigenvalue weighted by molar-refractivity contribution is -0.141. The third kappa shape index (κ3) is 2.17. The van der Waals surface area contributed by atoms with Gasteiger partial charge in [0.05, 0.1) is 5.57 Å². The van der Waals surface area contributed by atoms with Crippen molar-refractivity contribution in [2.45, 2.75) is 6.18 Å². The number of alkyl halides is 3. The van der Waals surface area contributed by atoms with Crippen LogP contribution in [-0.2, 0) is 18.0 Å².